The monoisotopic (exact) mass is 288 g/mol. The number of rotatable bonds is 3. The maximum atomic E-state index is 12.1. The molecule has 0 N–H and O–H groups in total. The normalized spacial score (nSPS) is 18.9. The molecule has 20 heavy (non-hydrogen) atoms. The fourth-order valence-corrected chi connectivity index (χ4v) is 2.93. The number of thioether (sulfide) groups is 1. The minimum absolute atomic E-state index is 0.0185. The summed E-state index contributed by atoms with van der Waals surface area (Å²) in [5.41, 5.74) is 0.708. The van der Waals surface area contributed by atoms with Gasteiger partial charge in [-0.3, -0.25) is 4.79 Å². The predicted molar refractivity (Wildman–Crippen MR) is 77.7 cm³/mol. The summed E-state index contributed by atoms with van der Waals surface area (Å²) < 4.78 is 7.49. The summed E-state index contributed by atoms with van der Waals surface area (Å²) in [5.74, 6) is 0. The van der Waals surface area contributed by atoms with Crippen molar-refractivity contribution in [2.24, 2.45) is 0 Å². The van der Waals surface area contributed by atoms with Gasteiger partial charge in [0.25, 0.3) is 0 Å². The maximum absolute atomic E-state index is 12.1. The lowest BCUT2D eigenvalue weighted by molar-refractivity contribution is -0.0396. The van der Waals surface area contributed by atoms with Gasteiger partial charge in [-0.25, -0.2) is 4.68 Å². The van der Waals surface area contributed by atoms with E-state index in [1.54, 1.807) is 6.20 Å². The Morgan fingerprint density at radius 2 is 2.15 bits per heavy atom. The molecule has 0 aliphatic carbocycles. The van der Waals surface area contributed by atoms with Crippen LogP contribution in [0.5, 0.6) is 0 Å². The van der Waals surface area contributed by atoms with Crippen LogP contribution in [0.2, 0.25) is 0 Å². The van der Waals surface area contributed by atoms with Crippen LogP contribution in [0.1, 0.15) is 35.8 Å². The molecule has 104 valence electrons. The second kappa shape index (κ2) is 6.24. The van der Waals surface area contributed by atoms with Crippen LogP contribution < -0.4 is 0 Å². The summed E-state index contributed by atoms with van der Waals surface area (Å²) >= 11 is 1.20. The minimum atomic E-state index is 0.0185. The summed E-state index contributed by atoms with van der Waals surface area (Å²) in [6, 6.07) is 9.29. The van der Waals surface area contributed by atoms with Gasteiger partial charge in [-0.05, 0) is 31.0 Å². The van der Waals surface area contributed by atoms with Gasteiger partial charge >= 0.3 is 0 Å². The molecule has 0 radical (unpaired) electrons. The molecule has 0 amide bonds. The largest absolute Gasteiger partial charge is 0.357 e. The molecule has 0 bridgehead atoms. The van der Waals surface area contributed by atoms with Crippen LogP contribution >= 0.6 is 11.8 Å². The fourth-order valence-electron chi connectivity index (χ4n) is 2.20. The van der Waals surface area contributed by atoms with Gasteiger partial charge in [-0.1, -0.05) is 30.3 Å². The van der Waals surface area contributed by atoms with Crippen molar-refractivity contribution in [1.82, 2.24) is 9.78 Å². The topological polar surface area (TPSA) is 44.1 Å². The van der Waals surface area contributed by atoms with E-state index in [0.29, 0.717) is 5.56 Å². The third-order valence-corrected chi connectivity index (χ3v) is 4.12. The van der Waals surface area contributed by atoms with Crippen LogP contribution in [0.15, 0.2) is 47.6 Å². The van der Waals surface area contributed by atoms with Crippen molar-refractivity contribution >= 4 is 16.9 Å². The number of ether oxygens (including phenoxy) is 1. The van der Waals surface area contributed by atoms with E-state index in [2.05, 4.69) is 5.10 Å². The summed E-state index contributed by atoms with van der Waals surface area (Å²) in [6.07, 6.45) is 6.90. The highest BCUT2D eigenvalue weighted by Gasteiger charge is 2.17. The van der Waals surface area contributed by atoms with Crippen LogP contribution in [-0.2, 0) is 4.74 Å². The average molecular weight is 288 g/mol. The van der Waals surface area contributed by atoms with Gasteiger partial charge in [0.1, 0.15) is 6.23 Å². The van der Waals surface area contributed by atoms with Crippen LogP contribution in [0, 0.1) is 0 Å². The second-order valence-electron chi connectivity index (χ2n) is 4.73. The number of aromatic nitrogens is 2. The first kappa shape index (κ1) is 13.4. The quantitative estimate of drug-likeness (QED) is 0.811. The maximum Gasteiger partial charge on any atom is 0.224 e. The lowest BCUT2D eigenvalue weighted by atomic mass is 10.2. The molecule has 1 unspecified atom stereocenters. The first-order valence-corrected chi connectivity index (χ1v) is 7.57. The van der Waals surface area contributed by atoms with E-state index in [1.807, 2.05) is 41.2 Å². The van der Waals surface area contributed by atoms with Crippen molar-refractivity contribution < 1.29 is 9.53 Å². The summed E-state index contributed by atoms with van der Waals surface area (Å²) in [4.78, 5) is 12.9. The average Bonchev–Trinajstić information content (AvgIpc) is 2.97. The highest BCUT2D eigenvalue weighted by molar-refractivity contribution is 8.14. The molecular formula is C15H16N2O2S. The Kier molecular flexibility index (Phi) is 4.18. The lowest BCUT2D eigenvalue weighted by Gasteiger charge is -2.22. The van der Waals surface area contributed by atoms with E-state index in [-0.39, 0.29) is 11.3 Å². The second-order valence-corrected chi connectivity index (χ2v) is 5.78. The predicted octanol–water partition coefficient (Wildman–Crippen LogP) is 3.51. The smallest absolute Gasteiger partial charge is 0.224 e. The van der Waals surface area contributed by atoms with E-state index < -0.39 is 0 Å². The minimum Gasteiger partial charge on any atom is -0.357 e. The van der Waals surface area contributed by atoms with Gasteiger partial charge in [0.15, 0.2) is 0 Å². The number of carbonyl (C=O) groups excluding carboxylic acids is 1. The molecular weight excluding hydrogens is 272 g/mol. The van der Waals surface area contributed by atoms with E-state index >= 15 is 0 Å². The lowest BCUT2D eigenvalue weighted by Crippen LogP contribution is -2.18. The zero-order chi connectivity index (χ0) is 13.8. The number of hydrogen-bond donors (Lipinski definition) is 0. The SMILES string of the molecule is O=C(Sc1cnn(C2CCCCO2)c1)c1ccccc1. The Morgan fingerprint density at radius 1 is 1.30 bits per heavy atom. The Bertz CT molecular complexity index is 577. The van der Waals surface area contributed by atoms with Gasteiger partial charge in [0.2, 0.25) is 5.12 Å². The highest BCUT2D eigenvalue weighted by atomic mass is 32.2. The van der Waals surface area contributed by atoms with Gasteiger partial charge in [-0.15, -0.1) is 0 Å². The molecule has 1 fully saturated rings. The molecule has 1 aromatic heterocycles. The van der Waals surface area contributed by atoms with Crippen LogP contribution in [-0.4, -0.2) is 21.5 Å². The van der Waals surface area contributed by atoms with Gasteiger partial charge in [0, 0.05) is 18.4 Å². The Morgan fingerprint density at radius 3 is 2.90 bits per heavy atom. The molecule has 0 saturated carbocycles. The van der Waals surface area contributed by atoms with E-state index in [9.17, 15) is 4.79 Å². The highest BCUT2D eigenvalue weighted by Crippen LogP contribution is 2.26. The summed E-state index contributed by atoms with van der Waals surface area (Å²) in [6.45, 7) is 0.788. The summed E-state index contributed by atoms with van der Waals surface area (Å²) in [7, 11) is 0. The fraction of sp³-hybridized carbons (Fsp3) is 0.333. The van der Waals surface area contributed by atoms with Crippen molar-refractivity contribution in [3.8, 4) is 0 Å². The first-order chi connectivity index (χ1) is 9.83. The van der Waals surface area contributed by atoms with Gasteiger partial charge in [-0.2, -0.15) is 5.10 Å². The van der Waals surface area contributed by atoms with E-state index in [0.717, 1.165) is 30.8 Å². The number of benzene rings is 1. The molecule has 1 aromatic carbocycles. The van der Waals surface area contributed by atoms with Crippen LogP contribution in [0.4, 0.5) is 0 Å². The van der Waals surface area contributed by atoms with E-state index in [4.69, 9.17) is 4.74 Å². The van der Waals surface area contributed by atoms with Crippen LogP contribution in [0.25, 0.3) is 0 Å². The first-order valence-electron chi connectivity index (χ1n) is 6.76. The number of nitrogens with zero attached hydrogens (tertiary/aromatic N) is 2. The summed E-state index contributed by atoms with van der Waals surface area (Å²) in [5, 5.41) is 4.34. The zero-order valence-corrected chi connectivity index (χ0v) is 11.9. The number of hydrogen-bond acceptors (Lipinski definition) is 4. The molecule has 2 heterocycles. The molecule has 5 heteroatoms. The third-order valence-electron chi connectivity index (χ3n) is 3.25. The molecule has 4 nitrogen and oxygen atoms in total. The molecule has 3 rings (SSSR count). The van der Waals surface area contributed by atoms with Gasteiger partial charge < -0.3 is 4.74 Å². The molecule has 1 atom stereocenters. The van der Waals surface area contributed by atoms with E-state index in [1.165, 1.54) is 11.8 Å². The molecule has 1 aliphatic heterocycles. The molecule has 1 aliphatic rings. The number of carbonyl (C=O) groups is 1. The molecule has 2 aromatic rings. The standard InChI is InChI=1S/C15H16N2O2S/c18-15(12-6-2-1-3-7-12)20-13-10-16-17(11-13)14-8-4-5-9-19-14/h1-3,6-7,10-11,14H,4-5,8-9H2. The van der Waals surface area contributed by atoms with Crippen molar-refractivity contribution in [2.75, 3.05) is 6.61 Å². The Labute approximate surface area is 122 Å². The molecule has 1 saturated heterocycles. The van der Waals surface area contributed by atoms with Gasteiger partial charge in [0.05, 0.1) is 11.1 Å². The zero-order valence-electron chi connectivity index (χ0n) is 11.1. The van der Waals surface area contributed by atoms with Crippen molar-refractivity contribution in [3.63, 3.8) is 0 Å². The Balaban J connectivity index is 1.66. The van der Waals surface area contributed by atoms with Crippen molar-refractivity contribution in [1.29, 1.82) is 0 Å². The third kappa shape index (κ3) is 3.11. The van der Waals surface area contributed by atoms with Crippen molar-refractivity contribution in [3.05, 3.63) is 48.3 Å². The Hall–Kier alpha value is -1.59. The van der Waals surface area contributed by atoms with Crippen molar-refractivity contribution in [2.45, 2.75) is 30.4 Å². The van der Waals surface area contributed by atoms with Crippen LogP contribution in [0.3, 0.4) is 0 Å². The molecule has 0 spiro atoms.